The van der Waals surface area contributed by atoms with Gasteiger partial charge in [0.25, 0.3) is 0 Å². The molecule has 0 heterocycles. The molecule has 0 N–H and O–H groups in total. The fraction of sp³-hybridized carbons (Fsp3) is 0.278. The highest BCUT2D eigenvalue weighted by molar-refractivity contribution is 5.81. The molecule has 1 rings (SSSR count). The fourth-order valence-corrected chi connectivity index (χ4v) is 1.67. The Bertz CT molecular complexity index is 536. The van der Waals surface area contributed by atoms with Crippen molar-refractivity contribution in [1.29, 1.82) is 0 Å². The highest BCUT2D eigenvalue weighted by atomic mass is 16.5. The maximum Gasteiger partial charge on any atom is 0.330 e. The van der Waals surface area contributed by atoms with E-state index in [1.54, 1.807) is 7.11 Å². The van der Waals surface area contributed by atoms with Gasteiger partial charge in [-0.05, 0) is 36.6 Å². The van der Waals surface area contributed by atoms with Crippen molar-refractivity contribution in [1.82, 2.24) is 0 Å². The third-order valence-electron chi connectivity index (χ3n) is 3.10. The molecular formula is C18H22O3. The average molecular weight is 286 g/mol. The topological polar surface area (TPSA) is 35.5 Å². The van der Waals surface area contributed by atoms with Gasteiger partial charge in [-0.1, -0.05) is 36.9 Å². The van der Waals surface area contributed by atoms with Crippen LogP contribution in [0.3, 0.4) is 0 Å². The molecule has 0 aliphatic rings. The summed E-state index contributed by atoms with van der Waals surface area (Å²) < 4.78 is 10.1. The number of carbonyl (C=O) groups is 1. The minimum absolute atomic E-state index is 0.370. The second-order valence-corrected chi connectivity index (χ2v) is 4.65. The van der Waals surface area contributed by atoms with Crippen molar-refractivity contribution in [2.24, 2.45) is 0 Å². The summed E-state index contributed by atoms with van der Waals surface area (Å²) in [7, 11) is 1.66. The second-order valence-electron chi connectivity index (χ2n) is 4.65. The third kappa shape index (κ3) is 6.13. The van der Waals surface area contributed by atoms with Gasteiger partial charge in [0.1, 0.15) is 0 Å². The Balaban J connectivity index is 2.61. The Hall–Kier alpha value is -2.29. The van der Waals surface area contributed by atoms with Gasteiger partial charge in [0.2, 0.25) is 0 Å². The quantitative estimate of drug-likeness (QED) is 0.330. The van der Waals surface area contributed by atoms with Crippen LogP contribution in [0.15, 0.2) is 54.8 Å². The molecule has 0 aromatic heterocycles. The first kappa shape index (κ1) is 16.8. The fourth-order valence-electron chi connectivity index (χ4n) is 1.67. The van der Waals surface area contributed by atoms with Crippen LogP contribution in [0, 0.1) is 0 Å². The lowest BCUT2D eigenvalue weighted by Crippen LogP contribution is -2.04. The van der Waals surface area contributed by atoms with E-state index in [2.05, 4.69) is 25.6 Å². The molecule has 3 nitrogen and oxygen atoms in total. The number of hydrogen-bond acceptors (Lipinski definition) is 3. The predicted molar refractivity (Wildman–Crippen MR) is 85.7 cm³/mol. The van der Waals surface area contributed by atoms with Gasteiger partial charge in [-0.15, -0.1) is 0 Å². The Labute approximate surface area is 126 Å². The average Bonchev–Trinajstić information content (AvgIpc) is 2.52. The SMILES string of the molecule is C=CC(=O)OCCc1ccc(/C(C)=C/C=C(\C)OC)cc1. The van der Waals surface area contributed by atoms with Crippen molar-refractivity contribution >= 4 is 11.5 Å². The van der Waals surface area contributed by atoms with E-state index in [-0.39, 0.29) is 5.97 Å². The number of allylic oxidation sites excluding steroid dienone is 4. The van der Waals surface area contributed by atoms with E-state index in [0.717, 1.165) is 22.5 Å². The van der Waals surface area contributed by atoms with Crippen LogP contribution in [-0.4, -0.2) is 19.7 Å². The zero-order valence-corrected chi connectivity index (χ0v) is 12.9. The first-order chi connectivity index (χ1) is 10.1. The highest BCUT2D eigenvalue weighted by Gasteiger charge is 1.99. The van der Waals surface area contributed by atoms with Crippen molar-refractivity contribution in [2.75, 3.05) is 13.7 Å². The molecule has 0 bridgehead atoms. The molecular weight excluding hydrogens is 264 g/mol. The van der Waals surface area contributed by atoms with Crippen molar-refractivity contribution in [3.05, 3.63) is 66.0 Å². The largest absolute Gasteiger partial charge is 0.501 e. The number of esters is 1. The molecule has 0 unspecified atom stereocenters. The molecule has 0 saturated heterocycles. The van der Waals surface area contributed by atoms with Crippen LogP contribution in [0.25, 0.3) is 5.57 Å². The van der Waals surface area contributed by atoms with Crippen LogP contribution < -0.4 is 0 Å². The first-order valence-electron chi connectivity index (χ1n) is 6.84. The maximum atomic E-state index is 10.9. The van der Waals surface area contributed by atoms with Gasteiger partial charge in [-0.25, -0.2) is 4.79 Å². The van der Waals surface area contributed by atoms with Crippen LogP contribution in [-0.2, 0) is 20.7 Å². The van der Waals surface area contributed by atoms with Gasteiger partial charge in [-0.3, -0.25) is 0 Å². The number of hydrogen-bond donors (Lipinski definition) is 0. The van der Waals surface area contributed by atoms with Crippen LogP contribution in [0.1, 0.15) is 25.0 Å². The summed E-state index contributed by atoms with van der Waals surface area (Å²) in [5.74, 6) is 0.487. The Morgan fingerprint density at radius 3 is 2.43 bits per heavy atom. The summed E-state index contributed by atoms with van der Waals surface area (Å²) in [5.41, 5.74) is 3.45. The smallest absolute Gasteiger partial charge is 0.330 e. The zero-order valence-electron chi connectivity index (χ0n) is 12.9. The van der Waals surface area contributed by atoms with E-state index in [9.17, 15) is 4.79 Å². The predicted octanol–water partition coefficient (Wildman–Crippen LogP) is 3.91. The molecule has 21 heavy (non-hydrogen) atoms. The highest BCUT2D eigenvalue weighted by Crippen LogP contribution is 2.15. The summed E-state index contributed by atoms with van der Waals surface area (Å²) in [6.07, 6.45) is 5.84. The van der Waals surface area contributed by atoms with E-state index in [4.69, 9.17) is 9.47 Å². The normalized spacial score (nSPS) is 12.0. The van der Waals surface area contributed by atoms with Crippen molar-refractivity contribution < 1.29 is 14.3 Å². The molecule has 0 fully saturated rings. The molecule has 1 aromatic carbocycles. The minimum atomic E-state index is -0.384. The molecule has 0 saturated carbocycles. The van der Waals surface area contributed by atoms with E-state index < -0.39 is 0 Å². The van der Waals surface area contributed by atoms with Crippen LogP contribution in [0.2, 0.25) is 0 Å². The molecule has 112 valence electrons. The number of carbonyl (C=O) groups excluding carboxylic acids is 1. The number of methoxy groups -OCH3 is 1. The van der Waals surface area contributed by atoms with Gasteiger partial charge in [0.15, 0.2) is 0 Å². The van der Waals surface area contributed by atoms with E-state index in [1.807, 2.05) is 31.2 Å². The minimum Gasteiger partial charge on any atom is -0.501 e. The summed E-state index contributed by atoms with van der Waals surface area (Å²) in [5, 5.41) is 0. The molecule has 0 spiro atoms. The number of ether oxygens (including phenoxy) is 2. The van der Waals surface area contributed by atoms with E-state index >= 15 is 0 Å². The summed E-state index contributed by atoms with van der Waals surface area (Å²) in [6.45, 7) is 7.70. The van der Waals surface area contributed by atoms with Gasteiger partial charge in [0, 0.05) is 12.5 Å². The van der Waals surface area contributed by atoms with Crippen molar-refractivity contribution in [3.63, 3.8) is 0 Å². The van der Waals surface area contributed by atoms with E-state index in [1.165, 1.54) is 6.08 Å². The zero-order chi connectivity index (χ0) is 15.7. The lowest BCUT2D eigenvalue weighted by molar-refractivity contribution is -0.137. The standard InChI is InChI=1S/C18H22O3/c1-5-18(19)21-13-12-16-8-10-17(11-9-16)14(2)6-7-15(3)20-4/h5-11H,1,12-13H2,2-4H3/b14-6+,15-7+. The third-order valence-corrected chi connectivity index (χ3v) is 3.10. The van der Waals surface area contributed by atoms with E-state index in [0.29, 0.717) is 13.0 Å². The number of benzene rings is 1. The first-order valence-corrected chi connectivity index (χ1v) is 6.84. The molecule has 0 atom stereocenters. The van der Waals surface area contributed by atoms with Gasteiger partial charge in [-0.2, -0.15) is 0 Å². The Morgan fingerprint density at radius 1 is 1.19 bits per heavy atom. The molecule has 0 aliphatic carbocycles. The Morgan fingerprint density at radius 2 is 1.86 bits per heavy atom. The van der Waals surface area contributed by atoms with Gasteiger partial charge in [0.05, 0.1) is 19.5 Å². The second kappa shape index (κ2) is 8.80. The molecule has 0 amide bonds. The maximum absolute atomic E-state index is 10.9. The summed E-state index contributed by atoms with van der Waals surface area (Å²) in [6, 6.07) is 8.21. The van der Waals surface area contributed by atoms with Crippen molar-refractivity contribution in [3.8, 4) is 0 Å². The van der Waals surface area contributed by atoms with Gasteiger partial charge < -0.3 is 9.47 Å². The molecule has 0 radical (unpaired) electrons. The summed E-state index contributed by atoms with van der Waals surface area (Å²) >= 11 is 0. The molecule has 3 heteroatoms. The summed E-state index contributed by atoms with van der Waals surface area (Å²) in [4.78, 5) is 10.9. The number of rotatable bonds is 7. The Kier molecular flexibility index (Phi) is 7.02. The monoisotopic (exact) mass is 286 g/mol. The lowest BCUT2D eigenvalue weighted by atomic mass is 10.0. The van der Waals surface area contributed by atoms with Crippen LogP contribution in [0.4, 0.5) is 0 Å². The van der Waals surface area contributed by atoms with Gasteiger partial charge >= 0.3 is 5.97 Å². The molecule has 1 aromatic rings. The van der Waals surface area contributed by atoms with Crippen LogP contribution in [0.5, 0.6) is 0 Å². The molecule has 0 aliphatic heterocycles. The van der Waals surface area contributed by atoms with Crippen molar-refractivity contribution in [2.45, 2.75) is 20.3 Å². The van der Waals surface area contributed by atoms with Crippen LogP contribution >= 0.6 is 0 Å². The lowest BCUT2D eigenvalue weighted by Gasteiger charge is -2.05.